The van der Waals surface area contributed by atoms with Crippen molar-refractivity contribution in [2.75, 3.05) is 19.1 Å². The van der Waals surface area contributed by atoms with Gasteiger partial charge in [0.05, 0.1) is 36.6 Å². The number of methoxy groups -OCH3 is 1. The molecule has 0 fully saturated rings. The van der Waals surface area contributed by atoms with E-state index in [0.29, 0.717) is 0 Å². The molecule has 2 aromatic heterocycles. The predicted molar refractivity (Wildman–Crippen MR) is 107 cm³/mol. The van der Waals surface area contributed by atoms with E-state index in [9.17, 15) is 0 Å². The Balaban J connectivity index is 1.63. The third-order valence-corrected chi connectivity index (χ3v) is 4.88. The first-order valence-electron chi connectivity index (χ1n) is 8.78. The highest BCUT2D eigenvalue weighted by Crippen LogP contribution is 2.28. The number of nitrogens with zero attached hydrogens (tertiary/aromatic N) is 4. The van der Waals surface area contributed by atoms with Crippen LogP contribution in [0.5, 0.6) is 5.75 Å². The summed E-state index contributed by atoms with van der Waals surface area (Å²) in [6, 6.07) is 14.3. The summed E-state index contributed by atoms with van der Waals surface area (Å²) in [5.41, 5.74) is 4.99. The maximum absolute atomic E-state index is 5.34. The average molecular weight is 359 g/mol. The van der Waals surface area contributed by atoms with E-state index in [0.717, 1.165) is 39.3 Å². The highest BCUT2D eigenvalue weighted by molar-refractivity contribution is 5.82. The molecule has 0 radical (unpaired) electrons. The lowest BCUT2D eigenvalue weighted by molar-refractivity contribution is 0.414. The van der Waals surface area contributed by atoms with Gasteiger partial charge in [0.2, 0.25) is 0 Å². The summed E-state index contributed by atoms with van der Waals surface area (Å²) in [7, 11) is 3.71. The average Bonchev–Trinajstić information content (AvgIpc) is 3.27. The minimum Gasteiger partial charge on any atom is -0.497 e. The maximum Gasteiger partial charge on any atom is 0.148 e. The monoisotopic (exact) mass is 359 g/mol. The predicted octanol–water partition coefficient (Wildman–Crippen LogP) is 4.23. The number of hydrogen-bond acceptors (Lipinski definition) is 5. The van der Waals surface area contributed by atoms with Gasteiger partial charge in [-0.2, -0.15) is 5.10 Å². The van der Waals surface area contributed by atoms with Crippen LogP contribution >= 0.6 is 0 Å². The van der Waals surface area contributed by atoms with Gasteiger partial charge >= 0.3 is 0 Å². The molecule has 4 aromatic rings. The summed E-state index contributed by atoms with van der Waals surface area (Å²) in [6.45, 7) is 2.14. The van der Waals surface area contributed by atoms with Gasteiger partial charge in [0.15, 0.2) is 0 Å². The lowest BCUT2D eigenvalue weighted by Crippen LogP contribution is -2.22. The van der Waals surface area contributed by atoms with Gasteiger partial charge in [0.1, 0.15) is 11.6 Å². The van der Waals surface area contributed by atoms with Gasteiger partial charge in [0.25, 0.3) is 0 Å². The second kappa shape index (κ2) is 7.07. The lowest BCUT2D eigenvalue weighted by Gasteiger charge is -2.26. The lowest BCUT2D eigenvalue weighted by atomic mass is 10.1. The van der Waals surface area contributed by atoms with Crippen LogP contribution in [0.25, 0.3) is 22.2 Å². The third kappa shape index (κ3) is 3.33. The van der Waals surface area contributed by atoms with Crippen molar-refractivity contribution in [3.8, 4) is 16.9 Å². The van der Waals surface area contributed by atoms with Crippen molar-refractivity contribution in [1.29, 1.82) is 0 Å². The summed E-state index contributed by atoms with van der Waals surface area (Å²) < 4.78 is 5.34. The molecule has 0 amide bonds. The molecule has 0 aliphatic carbocycles. The van der Waals surface area contributed by atoms with Crippen LogP contribution < -0.4 is 9.64 Å². The normalized spacial score (nSPS) is 12.1. The number of hydrogen-bond donors (Lipinski definition) is 1. The molecule has 0 aliphatic rings. The van der Waals surface area contributed by atoms with Gasteiger partial charge in [-0.1, -0.05) is 18.2 Å². The van der Waals surface area contributed by atoms with Crippen LogP contribution in [-0.2, 0) is 0 Å². The van der Waals surface area contributed by atoms with Gasteiger partial charge in [-0.05, 0) is 42.3 Å². The van der Waals surface area contributed by atoms with Crippen molar-refractivity contribution in [1.82, 2.24) is 20.2 Å². The van der Waals surface area contributed by atoms with Gasteiger partial charge in [-0.15, -0.1) is 0 Å². The zero-order valence-electron chi connectivity index (χ0n) is 15.5. The van der Waals surface area contributed by atoms with E-state index in [1.165, 1.54) is 0 Å². The second-order valence-corrected chi connectivity index (χ2v) is 6.48. The zero-order valence-corrected chi connectivity index (χ0v) is 15.5. The summed E-state index contributed by atoms with van der Waals surface area (Å²) in [5.74, 6) is 1.68. The number of aromatic amines is 1. The summed E-state index contributed by atoms with van der Waals surface area (Å²) in [6.07, 6.45) is 5.48. The number of benzene rings is 2. The van der Waals surface area contributed by atoms with Crippen molar-refractivity contribution >= 4 is 16.9 Å². The van der Waals surface area contributed by atoms with E-state index in [4.69, 9.17) is 9.72 Å². The standard InChI is InChI=1S/C21H21N5O/c1-14(15-5-4-6-18(9-15)27-3)26(2)21-13-22-20-10-16(7-8-19(20)25-21)17-11-23-24-12-17/h4-14H,1-3H3,(H,23,24). The van der Waals surface area contributed by atoms with Gasteiger partial charge < -0.3 is 9.64 Å². The molecule has 2 aromatic carbocycles. The summed E-state index contributed by atoms with van der Waals surface area (Å²) in [4.78, 5) is 11.5. The maximum atomic E-state index is 5.34. The van der Waals surface area contributed by atoms with Crippen LogP contribution in [0.2, 0.25) is 0 Å². The van der Waals surface area contributed by atoms with Crippen molar-refractivity contribution in [3.05, 3.63) is 66.6 Å². The van der Waals surface area contributed by atoms with Gasteiger partial charge in [0, 0.05) is 18.8 Å². The molecule has 0 bridgehead atoms. The first-order chi connectivity index (χ1) is 13.2. The smallest absolute Gasteiger partial charge is 0.148 e. The molecule has 2 heterocycles. The summed E-state index contributed by atoms with van der Waals surface area (Å²) in [5, 5.41) is 6.83. The van der Waals surface area contributed by atoms with Crippen molar-refractivity contribution in [2.24, 2.45) is 0 Å². The van der Waals surface area contributed by atoms with E-state index in [1.807, 2.05) is 55.8 Å². The fourth-order valence-corrected chi connectivity index (χ4v) is 3.08. The fourth-order valence-electron chi connectivity index (χ4n) is 3.08. The molecule has 0 aliphatic heterocycles. The van der Waals surface area contributed by atoms with E-state index >= 15 is 0 Å². The van der Waals surface area contributed by atoms with E-state index in [2.05, 4.69) is 33.1 Å². The number of aromatic nitrogens is 4. The molecule has 0 saturated heterocycles. The second-order valence-electron chi connectivity index (χ2n) is 6.48. The molecule has 1 atom stereocenters. The quantitative estimate of drug-likeness (QED) is 0.578. The summed E-state index contributed by atoms with van der Waals surface area (Å²) >= 11 is 0. The molecule has 4 rings (SSSR count). The molecule has 0 spiro atoms. The van der Waals surface area contributed by atoms with Crippen molar-refractivity contribution < 1.29 is 4.74 Å². The molecule has 0 saturated carbocycles. The molecular weight excluding hydrogens is 338 g/mol. The molecule has 6 nitrogen and oxygen atoms in total. The molecule has 1 unspecified atom stereocenters. The zero-order chi connectivity index (χ0) is 18.8. The number of nitrogens with one attached hydrogen (secondary N) is 1. The molecular formula is C21H21N5O. The van der Waals surface area contributed by atoms with Crippen molar-refractivity contribution in [2.45, 2.75) is 13.0 Å². The van der Waals surface area contributed by atoms with Crippen LogP contribution in [-0.4, -0.2) is 34.3 Å². The molecule has 27 heavy (non-hydrogen) atoms. The van der Waals surface area contributed by atoms with Gasteiger partial charge in [-0.25, -0.2) is 4.98 Å². The van der Waals surface area contributed by atoms with Crippen LogP contribution in [0.3, 0.4) is 0 Å². The Kier molecular flexibility index (Phi) is 4.46. The van der Waals surface area contributed by atoms with Crippen LogP contribution in [0, 0.1) is 0 Å². The van der Waals surface area contributed by atoms with E-state index in [-0.39, 0.29) is 6.04 Å². The molecule has 136 valence electrons. The van der Waals surface area contributed by atoms with Gasteiger partial charge in [-0.3, -0.25) is 10.1 Å². The number of ether oxygens (including phenoxy) is 1. The van der Waals surface area contributed by atoms with Crippen LogP contribution in [0.15, 0.2) is 61.1 Å². The van der Waals surface area contributed by atoms with Crippen LogP contribution in [0.1, 0.15) is 18.5 Å². The van der Waals surface area contributed by atoms with E-state index < -0.39 is 0 Å². The number of anilines is 1. The molecule has 1 N–H and O–H groups in total. The molecule has 6 heteroatoms. The minimum absolute atomic E-state index is 0.136. The Bertz CT molecular complexity index is 1060. The number of rotatable bonds is 5. The highest BCUT2D eigenvalue weighted by atomic mass is 16.5. The Labute approximate surface area is 157 Å². The first-order valence-corrected chi connectivity index (χ1v) is 8.78. The Hall–Kier alpha value is -3.41. The Morgan fingerprint density at radius 1 is 1.04 bits per heavy atom. The Morgan fingerprint density at radius 2 is 1.93 bits per heavy atom. The third-order valence-electron chi connectivity index (χ3n) is 4.88. The Morgan fingerprint density at radius 3 is 2.70 bits per heavy atom. The van der Waals surface area contributed by atoms with Crippen LogP contribution in [0.4, 0.5) is 5.82 Å². The topological polar surface area (TPSA) is 66.9 Å². The first kappa shape index (κ1) is 17.0. The largest absolute Gasteiger partial charge is 0.497 e. The number of H-pyrrole nitrogens is 1. The van der Waals surface area contributed by atoms with Crippen molar-refractivity contribution in [3.63, 3.8) is 0 Å². The fraction of sp³-hybridized carbons (Fsp3) is 0.190. The SMILES string of the molecule is COc1cccc(C(C)N(C)c2cnc3cc(-c4cn[nH]c4)ccc3n2)c1. The minimum atomic E-state index is 0.136. The van der Waals surface area contributed by atoms with E-state index in [1.54, 1.807) is 13.3 Å². The number of fused-ring (bicyclic) bond motifs is 1. The highest BCUT2D eigenvalue weighted by Gasteiger charge is 2.15.